The fraction of sp³-hybridized carbons (Fsp3) is 0.600. The van der Waals surface area contributed by atoms with Gasteiger partial charge < -0.3 is 0 Å². The Hall–Kier alpha value is -0.980. The van der Waals surface area contributed by atoms with E-state index in [4.69, 9.17) is 0 Å². The second-order valence-electron chi connectivity index (χ2n) is 5.47. The van der Waals surface area contributed by atoms with Gasteiger partial charge in [-0.1, -0.05) is 25.5 Å². The van der Waals surface area contributed by atoms with Crippen LogP contribution >= 0.6 is 0 Å². The third kappa shape index (κ3) is 4.76. The van der Waals surface area contributed by atoms with E-state index in [-0.39, 0.29) is 11.6 Å². The average molecular weight is 314 g/mol. The molecule has 1 aliphatic heterocycles. The van der Waals surface area contributed by atoms with Crippen LogP contribution in [-0.2, 0) is 16.6 Å². The van der Waals surface area contributed by atoms with Gasteiger partial charge in [0.25, 0.3) is 0 Å². The summed E-state index contributed by atoms with van der Waals surface area (Å²) >= 11 is 0. The van der Waals surface area contributed by atoms with Crippen LogP contribution in [-0.4, -0.2) is 49.6 Å². The first kappa shape index (κ1) is 16.4. The van der Waals surface area contributed by atoms with Crippen molar-refractivity contribution in [1.82, 2.24) is 9.21 Å². The van der Waals surface area contributed by atoms with Gasteiger partial charge in [0, 0.05) is 32.7 Å². The van der Waals surface area contributed by atoms with Crippen molar-refractivity contribution in [3.05, 3.63) is 35.6 Å². The maximum Gasteiger partial charge on any atom is 0.214 e. The van der Waals surface area contributed by atoms with Gasteiger partial charge in [0.15, 0.2) is 0 Å². The number of hydrogen-bond donors (Lipinski definition) is 0. The highest BCUT2D eigenvalue weighted by Crippen LogP contribution is 2.13. The Balaban J connectivity index is 1.84. The van der Waals surface area contributed by atoms with Gasteiger partial charge in [0.05, 0.1) is 5.75 Å². The third-order valence-corrected chi connectivity index (χ3v) is 5.76. The first-order valence-electron chi connectivity index (χ1n) is 7.46. The van der Waals surface area contributed by atoms with Crippen molar-refractivity contribution < 1.29 is 12.8 Å². The highest BCUT2D eigenvalue weighted by Gasteiger charge is 2.26. The van der Waals surface area contributed by atoms with Crippen molar-refractivity contribution in [3.63, 3.8) is 0 Å². The van der Waals surface area contributed by atoms with Gasteiger partial charge in [-0.05, 0) is 24.1 Å². The summed E-state index contributed by atoms with van der Waals surface area (Å²) in [6.07, 6.45) is 1.61. The van der Waals surface area contributed by atoms with E-state index in [1.54, 1.807) is 16.4 Å². The van der Waals surface area contributed by atoms with E-state index in [0.29, 0.717) is 13.1 Å². The van der Waals surface area contributed by atoms with E-state index in [1.165, 1.54) is 12.1 Å². The fourth-order valence-corrected chi connectivity index (χ4v) is 4.10. The Labute approximate surface area is 126 Å². The summed E-state index contributed by atoms with van der Waals surface area (Å²) in [4.78, 5) is 2.21. The predicted octanol–water partition coefficient (Wildman–Crippen LogP) is 2.07. The van der Waals surface area contributed by atoms with Gasteiger partial charge in [-0.3, -0.25) is 4.90 Å². The van der Waals surface area contributed by atoms with Crippen LogP contribution in [0.2, 0.25) is 0 Å². The SMILES string of the molecule is CCCCS(=O)(=O)N1CCN(Cc2ccc(F)cc2)CC1. The normalized spacial score (nSPS) is 18.0. The second-order valence-corrected chi connectivity index (χ2v) is 7.56. The zero-order valence-corrected chi connectivity index (χ0v) is 13.3. The topological polar surface area (TPSA) is 40.6 Å². The summed E-state index contributed by atoms with van der Waals surface area (Å²) in [6.45, 7) is 5.28. The summed E-state index contributed by atoms with van der Waals surface area (Å²) in [6, 6.07) is 6.47. The fourth-order valence-electron chi connectivity index (χ4n) is 2.47. The number of halogens is 1. The Kier molecular flexibility index (Phi) is 5.72. The number of unbranched alkanes of at least 4 members (excludes halogenated alkanes) is 1. The average Bonchev–Trinajstić information content (AvgIpc) is 2.48. The summed E-state index contributed by atoms with van der Waals surface area (Å²) in [5, 5.41) is 0. The van der Waals surface area contributed by atoms with Crippen LogP contribution in [0.5, 0.6) is 0 Å². The molecule has 0 saturated carbocycles. The quantitative estimate of drug-likeness (QED) is 0.807. The van der Waals surface area contributed by atoms with Crippen molar-refractivity contribution in [2.75, 3.05) is 31.9 Å². The predicted molar refractivity (Wildman–Crippen MR) is 81.9 cm³/mol. The van der Waals surface area contributed by atoms with Gasteiger partial charge in [-0.25, -0.2) is 12.8 Å². The summed E-state index contributed by atoms with van der Waals surface area (Å²) < 4.78 is 38.7. The van der Waals surface area contributed by atoms with Crippen molar-refractivity contribution in [3.8, 4) is 0 Å². The first-order chi connectivity index (χ1) is 10.0. The molecular weight excluding hydrogens is 291 g/mol. The van der Waals surface area contributed by atoms with Crippen LogP contribution < -0.4 is 0 Å². The minimum Gasteiger partial charge on any atom is -0.296 e. The van der Waals surface area contributed by atoms with Crippen LogP contribution in [0.4, 0.5) is 4.39 Å². The van der Waals surface area contributed by atoms with E-state index in [2.05, 4.69) is 4.90 Å². The van der Waals surface area contributed by atoms with E-state index in [1.807, 2.05) is 6.92 Å². The lowest BCUT2D eigenvalue weighted by molar-refractivity contribution is 0.181. The first-order valence-corrected chi connectivity index (χ1v) is 9.07. The van der Waals surface area contributed by atoms with Crippen LogP contribution in [0, 0.1) is 5.82 Å². The molecule has 6 heteroatoms. The van der Waals surface area contributed by atoms with Gasteiger partial charge >= 0.3 is 0 Å². The number of nitrogens with zero attached hydrogens (tertiary/aromatic N) is 2. The van der Waals surface area contributed by atoms with Crippen LogP contribution in [0.1, 0.15) is 25.3 Å². The van der Waals surface area contributed by atoms with Gasteiger partial charge in [-0.15, -0.1) is 0 Å². The van der Waals surface area contributed by atoms with Crippen LogP contribution in [0.3, 0.4) is 0 Å². The summed E-state index contributed by atoms with van der Waals surface area (Å²) in [7, 11) is -3.09. The molecule has 1 saturated heterocycles. The molecule has 0 aliphatic carbocycles. The lowest BCUT2D eigenvalue weighted by Crippen LogP contribution is -2.48. The Morgan fingerprint density at radius 1 is 1.10 bits per heavy atom. The molecule has 1 aromatic rings. The molecule has 0 radical (unpaired) electrons. The molecule has 0 aromatic heterocycles. The van der Waals surface area contributed by atoms with E-state index < -0.39 is 10.0 Å². The van der Waals surface area contributed by atoms with Gasteiger partial charge in [0.1, 0.15) is 5.82 Å². The van der Waals surface area contributed by atoms with Crippen LogP contribution in [0.25, 0.3) is 0 Å². The minimum absolute atomic E-state index is 0.231. The molecule has 118 valence electrons. The third-order valence-electron chi connectivity index (χ3n) is 3.80. The van der Waals surface area contributed by atoms with E-state index in [9.17, 15) is 12.8 Å². The van der Waals surface area contributed by atoms with Crippen molar-refractivity contribution >= 4 is 10.0 Å². The number of piperazine rings is 1. The molecule has 1 fully saturated rings. The largest absolute Gasteiger partial charge is 0.296 e. The Morgan fingerprint density at radius 2 is 1.71 bits per heavy atom. The Bertz CT molecular complexity index is 537. The molecule has 0 spiro atoms. The summed E-state index contributed by atoms with van der Waals surface area (Å²) in [5.74, 6) is 0.0205. The molecule has 4 nitrogen and oxygen atoms in total. The molecular formula is C15H23FN2O2S. The molecule has 0 bridgehead atoms. The standard InChI is InChI=1S/C15H23FN2O2S/c1-2-3-12-21(19,20)18-10-8-17(9-11-18)13-14-4-6-15(16)7-5-14/h4-7H,2-3,8-13H2,1H3. The molecule has 1 heterocycles. The summed E-state index contributed by atoms with van der Waals surface area (Å²) in [5.41, 5.74) is 1.05. The molecule has 2 rings (SSSR count). The van der Waals surface area contributed by atoms with Crippen molar-refractivity contribution in [2.24, 2.45) is 0 Å². The molecule has 0 N–H and O–H groups in total. The molecule has 0 unspecified atom stereocenters. The maximum atomic E-state index is 12.9. The van der Waals surface area contributed by atoms with Crippen LogP contribution in [0.15, 0.2) is 24.3 Å². The zero-order valence-electron chi connectivity index (χ0n) is 12.5. The zero-order chi connectivity index (χ0) is 15.3. The second kappa shape index (κ2) is 7.33. The smallest absolute Gasteiger partial charge is 0.214 e. The molecule has 0 atom stereocenters. The lowest BCUT2D eigenvalue weighted by Gasteiger charge is -2.34. The number of rotatable bonds is 6. The number of benzene rings is 1. The highest BCUT2D eigenvalue weighted by molar-refractivity contribution is 7.89. The maximum absolute atomic E-state index is 12.9. The van der Waals surface area contributed by atoms with Crippen molar-refractivity contribution in [1.29, 1.82) is 0 Å². The molecule has 21 heavy (non-hydrogen) atoms. The molecule has 1 aliphatic rings. The van der Waals surface area contributed by atoms with E-state index in [0.717, 1.165) is 38.0 Å². The monoisotopic (exact) mass is 314 g/mol. The molecule has 0 amide bonds. The number of sulfonamides is 1. The lowest BCUT2D eigenvalue weighted by atomic mass is 10.2. The van der Waals surface area contributed by atoms with Gasteiger partial charge in [-0.2, -0.15) is 4.31 Å². The number of hydrogen-bond acceptors (Lipinski definition) is 3. The minimum atomic E-state index is -3.09. The van der Waals surface area contributed by atoms with E-state index >= 15 is 0 Å². The highest BCUT2D eigenvalue weighted by atomic mass is 32.2. The van der Waals surface area contributed by atoms with Crippen molar-refractivity contribution in [2.45, 2.75) is 26.3 Å². The molecule has 1 aromatic carbocycles. The Morgan fingerprint density at radius 3 is 2.29 bits per heavy atom. The van der Waals surface area contributed by atoms with Gasteiger partial charge in [0.2, 0.25) is 10.0 Å².